The average Bonchev–Trinajstić information content (AvgIpc) is 3.34. The number of aromatic nitrogens is 4. The highest BCUT2D eigenvalue weighted by molar-refractivity contribution is 7.98. The van der Waals surface area contributed by atoms with E-state index in [1.165, 1.54) is 18.4 Å². The van der Waals surface area contributed by atoms with E-state index >= 15 is 0 Å². The van der Waals surface area contributed by atoms with Gasteiger partial charge in [-0.15, -0.1) is 5.10 Å². The van der Waals surface area contributed by atoms with Gasteiger partial charge >= 0.3 is 0 Å². The lowest BCUT2D eigenvalue weighted by atomic mass is 10.3. The van der Waals surface area contributed by atoms with Gasteiger partial charge in [-0.25, -0.2) is 9.67 Å². The zero-order valence-corrected chi connectivity index (χ0v) is 12.9. The third kappa shape index (κ3) is 2.90. The molecule has 0 radical (unpaired) electrons. The Hall–Kier alpha value is -2.14. The van der Waals surface area contributed by atoms with E-state index in [1.54, 1.807) is 18.0 Å². The van der Waals surface area contributed by atoms with Crippen LogP contribution in [-0.2, 0) is 5.75 Å². The van der Waals surface area contributed by atoms with E-state index in [2.05, 4.69) is 23.2 Å². The molecule has 1 fully saturated rings. The second-order valence-electron chi connectivity index (χ2n) is 5.42. The van der Waals surface area contributed by atoms with Crippen LogP contribution in [0.1, 0.15) is 30.1 Å². The lowest BCUT2D eigenvalue weighted by Gasteiger charge is -2.03. The second-order valence-corrected chi connectivity index (χ2v) is 6.37. The van der Waals surface area contributed by atoms with Crippen molar-refractivity contribution in [2.24, 2.45) is 0 Å². The fraction of sp³-hybridized carbons (Fsp3) is 0.235. The molecule has 1 aliphatic rings. The van der Waals surface area contributed by atoms with Crippen LogP contribution in [0.5, 0.6) is 0 Å². The van der Waals surface area contributed by atoms with E-state index in [1.807, 2.05) is 35.1 Å². The zero-order valence-electron chi connectivity index (χ0n) is 12.1. The quantitative estimate of drug-likeness (QED) is 0.672. The van der Waals surface area contributed by atoms with E-state index in [4.69, 9.17) is 10.1 Å². The predicted octanol–water partition coefficient (Wildman–Crippen LogP) is 3.83. The number of thioether (sulfide) groups is 1. The smallest absolute Gasteiger partial charge is 0.209 e. The Kier molecular flexibility index (Phi) is 3.64. The van der Waals surface area contributed by atoms with Crippen molar-refractivity contribution >= 4 is 11.8 Å². The van der Waals surface area contributed by atoms with Gasteiger partial charge in [-0.2, -0.15) is 0 Å². The van der Waals surface area contributed by atoms with Crippen LogP contribution >= 0.6 is 11.8 Å². The van der Waals surface area contributed by atoms with Crippen LogP contribution in [0, 0.1) is 0 Å². The SMILES string of the molecule is c1ccc(-n2nc(SCc3cccnc3)nc2C2CC2)cc1. The van der Waals surface area contributed by atoms with Crippen LogP contribution in [0.4, 0.5) is 0 Å². The Bertz CT molecular complexity index is 751. The molecule has 22 heavy (non-hydrogen) atoms. The first kappa shape index (κ1) is 13.5. The van der Waals surface area contributed by atoms with Gasteiger partial charge in [0, 0.05) is 24.1 Å². The zero-order chi connectivity index (χ0) is 14.8. The summed E-state index contributed by atoms with van der Waals surface area (Å²) in [6, 6.07) is 14.3. The average molecular weight is 308 g/mol. The maximum absolute atomic E-state index is 4.76. The van der Waals surface area contributed by atoms with E-state index < -0.39 is 0 Å². The molecule has 1 aliphatic carbocycles. The highest BCUT2D eigenvalue weighted by Crippen LogP contribution is 2.40. The van der Waals surface area contributed by atoms with Gasteiger partial charge in [0.15, 0.2) is 0 Å². The third-order valence-electron chi connectivity index (χ3n) is 3.65. The number of nitrogens with zero attached hydrogens (tertiary/aromatic N) is 4. The third-order valence-corrected chi connectivity index (χ3v) is 4.56. The molecule has 4 rings (SSSR count). The molecule has 0 amide bonds. The molecule has 3 aromatic rings. The van der Waals surface area contributed by atoms with Crippen LogP contribution in [0.15, 0.2) is 60.0 Å². The minimum absolute atomic E-state index is 0.570. The molecule has 4 nitrogen and oxygen atoms in total. The van der Waals surface area contributed by atoms with E-state index in [0.717, 1.165) is 22.4 Å². The minimum Gasteiger partial charge on any atom is -0.264 e. The fourth-order valence-corrected chi connectivity index (χ4v) is 3.13. The van der Waals surface area contributed by atoms with Crippen LogP contribution in [0.25, 0.3) is 5.69 Å². The first-order valence-electron chi connectivity index (χ1n) is 7.44. The molecule has 0 unspecified atom stereocenters. The van der Waals surface area contributed by atoms with Gasteiger partial charge in [0.05, 0.1) is 5.69 Å². The van der Waals surface area contributed by atoms with Crippen LogP contribution in [-0.4, -0.2) is 19.7 Å². The number of hydrogen-bond acceptors (Lipinski definition) is 4. The summed E-state index contributed by atoms with van der Waals surface area (Å²) in [6.45, 7) is 0. The predicted molar refractivity (Wildman–Crippen MR) is 87.1 cm³/mol. The lowest BCUT2D eigenvalue weighted by molar-refractivity contribution is 0.782. The molecule has 0 saturated heterocycles. The van der Waals surface area contributed by atoms with Crippen molar-refractivity contribution in [1.29, 1.82) is 0 Å². The molecule has 5 heteroatoms. The maximum atomic E-state index is 4.76. The van der Waals surface area contributed by atoms with Gasteiger partial charge in [0.25, 0.3) is 0 Å². The van der Waals surface area contributed by atoms with Gasteiger partial charge in [-0.1, -0.05) is 36.0 Å². The normalized spacial score (nSPS) is 14.2. The highest BCUT2D eigenvalue weighted by Gasteiger charge is 2.30. The van der Waals surface area contributed by atoms with E-state index in [-0.39, 0.29) is 0 Å². The Labute approximate surface area is 133 Å². The highest BCUT2D eigenvalue weighted by atomic mass is 32.2. The van der Waals surface area contributed by atoms with Gasteiger partial charge in [-0.05, 0) is 36.6 Å². The van der Waals surface area contributed by atoms with Crippen LogP contribution in [0.2, 0.25) is 0 Å². The number of para-hydroxylation sites is 1. The largest absolute Gasteiger partial charge is 0.264 e. The molecular formula is C17H16N4S. The lowest BCUT2D eigenvalue weighted by Crippen LogP contribution is -2.01. The topological polar surface area (TPSA) is 43.6 Å². The van der Waals surface area contributed by atoms with Crippen molar-refractivity contribution in [2.75, 3.05) is 0 Å². The van der Waals surface area contributed by atoms with Gasteiger partial charge in [-0.3, -0.25) is 4.98 Å². The maximum Gasteiger partial charge on any atom is 0.209 e. The summed E-state index contributed by atoms with van der Waals surface area (Å²) >= 11 is 1.67. The van der Waals surface area contributed by atoms with E-state index in [9.17, 15) is 0 Å². The van der Waals surface area contributed by atoms with E-state index in [0.29, 0.717) is 5.92 Å². The van der Waals surface area contributed by atoms with Crippen molar-refractivity contribution in [3.63, 3.8) is 0 Å². The number of hydrogen-bond donors (Lipinski definition) is 0. The fourth-order valence-electron chi connectivity index (χ4n) is 2.36. The van der Waals surface area contributed by atoms with Gasteiger partial charge in [0.2, 0.25) is 5.16 Å². The summed E-state index contributed by atoms with van der Waals surface area (Å²) < 4.78 is 2.00. The van der Waals surface area contributed by atoms with Crippen molar-refractivity contribution in [1.82, 2.24) is 19.7 Å². The van der Waals surface area contributed by atoms with Crippen molar-refractivity contribution in [2.45, 2.75) is 29.7 Å². The Morgan fingerprint density at radius 2 is 1.95 bits per heavy atom. The summed E-state index contributed by atoms with van der Waals surface area (Å²) in [5.74, 6) is 2.51. The molecule has 1 saturated carbocycles. The van der Waals surface area contributed by atoms with Crippen LogP contribution in [0.3, 0.4) is 0 Å². The summed E-state index contributed by atoms with van der Waals surface area (Å²) in [6.07, 6.45) is 6.13. The molecule has 1 aromatic carbocycles. The summed E-state index contributed by atoms with van der Waals surface area (Å²) in [5, 5.41) is 5.55. The molecule has 110 valence electrons. The molecule has 2 aromatic heterocycles. The van der Waals surface area contributed by atoms with Gasteiger partial charge < -0.3 is 0 Å². The summed E-state index contributed by atoms with van der Waals surface area (Å²) in [7, 11) is 0. The first-order chi connectivity index (χ1) is 10.9. The molecule has 0 bridgehead atoms. The Balaban J connectivity index is 1.59. The van der Waals surface area contributed by atoms with Gasteiger partial charge in [0.1, 0.15) is 5.82 Å². The molecular weight excluding hydrogens is 292 g/mol. The first-order valence-corrected chi connectivity index (χ1v) is 8.43. The Morgan fingerprint density at radius 1 is 1.09 bits per heavy atom. The number of pyridine rings is 1. The number of benzene rings is 1. The minimum atomic E-state index is 0.570. The van der Waals surface area contributed by atoms with Crippen molar-refractivity contribution in [3.8, 4) is 5.69 Å². The molecule has 2 heterocycles. The molecule has 0 N–H and O–H groups in total. The number of rotatable bonds is 5. The van der Waals surface area contributed by atoms with Crippen LogP contribution < -0.4 is 0 Å². The van der Waals surface area contributed by atoms with Crippen molar-refractivity contribution < 1.29 is 0 Å². The Morgan fingerprint density at radius 3 is 2.68 bits per heavy atom. The van der Waals surface area contributed by atoms with Crippen molar-refractivity contribution in [3.05, 3.63) is 66.2 Å². The summed E-state index contributed by atoms with van der Waals surface area (Å²) in [5.41, 5.74) is 2.28. The second kappa shape index (κ2) is 5.93. The molecule has 0 spiro atoms. The molecule has 0 atom stereocenters. The summed E-state index contributed by atoms with van der Waals surface area (Å²) in [4.78, 5) is 8.90. The standard InChI is InChI=1S/C17H16N4S/c1-2-6-15(7-3-1)21-16(14-8-9-14)19-17(20-21)22-12-13-5-4-10-18-11-13/h1-7,10-11,14H,8-9,12H2. The monoisotopic (exact) mass is 308 g/mol. The molecule has 0 aliphatic heterocycles.